The smallest absolute Gasteiger partial charge is 0.234 e. The number of rotatable bonds is 8. The first-order valence-corrected chi connectivity index (χ1v) is 9.99. The van der Waals surface area contributed by atoms with Crippen LogP contribution < -0.4 is 10.1 Å². The Morgan fingerprint density at radius 1 is 1.21 bits per heavy atom. The Balaban J connectivity index is 1.61. The minimum Gasteiger partial charge on any atom is -0.497 e. The van der Waals surface area contributed by atoms with Crippen LogP contribution in [-0.4, -0.2) is 39.0 Å². The number of amides is 1. The molecule has 0 atom stereocenters. The lowest BCUT2D eigenvalue weighted by molar-refractivity contribution is -0.113. The molecule has 2 aromatic carbocycles. The van der Waals surface area contributed by atoms with Gasteiger partial charge in [0.25, 0.3) is 0 Å². The fourth-order valence-electron chi connectivity index (χ4n) is 2.81. The van der Waals surface area contributed by atoms with Gasteiger partial charge in [0.1, 0.15) is 5.75 Å². The summed E-state index contributed by atoms with van der Waals surface area (Å²) in [5.41, 5.74) is 4.13. The molecule has 1 N–H and O–H groups in total. The van der Waals surface area contributed by atoms with E-state index in [0.29, 0.717) is 11.7 Å². The maximum Gasteiger partial charge on any atom is 0.234 e. The van der Waals surface area contributed by atoms with E-state index in [1.807, 2.05) is 49.4 Å². The predicted molar refractivity (Wildman–Crippen MR) is 110 cm³/mol. The summed E-state index contributed by atoms with van der Waals surface area (Å²) in [5.74, 6) is 0.961. The van der Waals surface area contributed by atoms with Gasteiger partial charge >= 0.3 is 0 Å². The highest BCUT2D eigenvalue weighted by molar-refractivity contribution is 7.99. The summed E-state index contributed by atoms with van der Waals surface area (Å²) in [5, 5.41) is 15.4. The number of carbonyl (C=O) groups excluding carboxylic acids is 1. The molecule has 3 rings (SSSR count). The molecule has 0 saturated carbocycles. The van der Waals surface area contributed by atoms with Crippen LogP contribution in [0.25, 0.3) is 0 Å². The van der Waals surface area contributed by atoms with Crippen molar-refractivity contribution < 1.29 is 9.53 Å². The number of para-hydroxylation sites is 1. The largest absolute Gasteiger partial charge is 0.497 e. The Morgan fingerprint density at radius 3 is 2.71 bits per heavy atom. The van der Waals surface area contributed by atoms with Crippen LogP contribution in [0.3, 0.4) is 0 Å². The zero-order valence-electron chi connectivity index (χ0n) is 16.2. The number of nitrogens with zero attached hydrogens (tertiary/aromatic N) is 4. The normalized spacial score (nSPS) is 10.7. The quantitative estimate of drug-likeness (QED) is 0.587. The van der Waals surface area contributed by atoms with E-state index in [9.17, 15) is 4.79 Å². The van der Waals surface area contributed by atoms with Crippen LogP contribution in [0.5, 0.6) is 5.75 Å². The van der Waals surface area contributed by atoms with Gasteiger partial charge in [0.15, 0.2) is 0 Å². The highest BCUT2D eigenvalue weighted by atomic mass is 32.2. The molecule has 1 heterocycles. The first-order valence-electron chi connectivity index (χ1n) is 9.01. The summed E-state index contributed by atoms with van der Waals surface area (Å²) in [7, 11) is 1.64. The predicted octanol–water partition coefficient (Wildman–Crippen LogP) is 3.33. The van der Waals surface area contributed by atoms with Crippen molar-refractivity contribution in [3.63, 3.8) is 0 Å². The Labute approximate surface area is 168 Å². The van der Waals surface area contributed by atoms with E-state index in [1.54, 1.807) is 11.8 Å². The number of anilines is 1. The average Bonchev–Trinajstić information content (AvgIpc) is 3.15. The van der Waals surface area contributed by atoms with Crippen LogP contribution in [0, 0.1) is 6.92 Å². The van der Waals surface area contributed by atoms with Crippen LogP contribution in [-0.2, 0) is 17.8 Å². The lowest BCUT2D eigenvalue weighted by atomic mass is 10.1. The Hall–Kier alpha value is -2.87. The summed E-state index contributed by atoms with van der Waals surface area (Å²) in [6.45, 7) is 4.60. The number of ether oxygens (including phenoxy) is 1. The van der Waals surface area contributed by atoms with Gasteiger partial charge in [0, 0.05) is 5.69 Å². The van der Waals surface area contributed by atoms with E-state index >= 15 is 0 Å². The fraction of sp³-hybridized carbons (Fsp3) is 0.300. The number of hydrogen-bond acceptors (Lipinski definition) is 6. The second kappa shape index (κ2) is 9.36. The van der Waals surface area contributed by atoms with Gasteiger partial charge in [-0.1, -0.05) is 49.0 Å². The molecule has 0 spiro atoms. The maximum absolute atomic E-state index is 12.4. The maximum atomic E-state index is 12.4. The number of aromatic nitrogens is 4. The number of aryl methyl sites for hydroxylation is 2. The minimum absolute atomic E-state index is 0.0759. The molecular weight excluding hydrogens is 374 g/mol. The molecule has 0 unspecified atom stereocenters. The second-order valence-corrected chi connectivity index (χ2v) is 7.21. The number of carbonyl (C=O) groups is 1. The molecule has 8 heteroatoms. The van der Waals surface area contributed by atoms with Crippen molar-refractivity contribution >= 4 is 23.4 Å². The topological polar surface area (TPSA) is 81.9 Å². The lowest BCUT2D eigenvalue weighted by Gasteiger charge is -2.12. The van der Waals surface area contributed by atoms with Crippen LogP contribution >= 0.6 is 11.8 Å². The van der Waals surface area contributed by atoms with E-state index in [2.05, 4.69) is 27.8 Å². The number of benzene rings is 2. The van der Waals surface area contributed by atoms with Crippen molar-refractivity contribution in [2.24, 2.45) is 0 Å². The molecule has 0 bridgehead atoms. The third kappa shape index (κ3) is 4.89. The van der Waals surface area contributed by atoms with Crippen LogP contribution in [0.1, 0.15) is 23.6 Å². The summed E-state index contributed by atoms with van der Waals surface area (Å²) in [6.07, 6.45) is 0.866. The number of tetrazole rings is 1. The molecule has 0 aliphatic carbocycles. The standard InChI is InChI=1S/C20H23N5O2S/c1-4-16-7-5-6-14(2)19(16)21-18(26)13-28-20-22-23-24-25(20)12-15-8-10-17(27-3)11-9-15/h5-11H,4,12-13H2,1-3H3,(H,21,26). The van der Waals surface area contributed by atoms with Crippen molar-refractivity contribution in [2.45, 2.75) is 32.0 Å². The van der Waals surface area contributed by atoms with E-state index in [4.69, 9.17) is 4.74 Å². The van der Waals surface area contributed by atoms with Gasteiger partial charge in [-0.3, -0.25) is 4.79 Å². The van der Waals surface area contributed by atoms with Crippen molar-refractivity contribution in [1.82, 2.24) is 20.2 Å². The van der Waals surface area contributed by atoms with Gasteiger partial charge in [0.05, 0.1) is 19.4 Å². The third-order valence-electron chi connectivity index (χ3n) is 4.33. The number of hydrogen-bond donors (Lipinski definition) is 1. The molecular formula is C20H23N5O2S. The van der Waals surface area contributed by atoms with Crippen molar-refractivity contribution in [2.75, 3.05) is 18.2 Å². The molecule has 0 fully saturated rings. The van der Waals surface area contributed by atoms with Gasteiger partial charge in [-0.25, -0.2) is 4.68 Å². The Bertz CT molecular complexity index is 940. The molecule has 0 saturated heterocycles. The molecule has 3 aromatic rings. The highest BCUT2D eigenvalue weighted by Crippen LogP contribution is 2.22. The number of methoxy groups -OCH3 is 1. The number of thioether (sulfide) groups is 1. The van der Waals surface area contributed by atoms with Gasteiger partial charge in [0.2, 0.25) is 11.1 Å². The van der Waals surface area contributed by atoms with Gasteiger partial charge < -0.3 is 10.1 Å². The SMILES string of the molecule is CCc1cccc(C)c1NC(=O)CSc1nnnn1Cc1ccc(OC)cc1. The zero-order valence-corrected chi connectivity index (χ0v) is 17.0. The van der Waals surface area contributed by atoms with E-state index < -0.39 is 0 Å². The molecule has 0 radical (unpaired) electrons. The molecule has 0 aliphatic heterocycles. The van der Waals surface area contributed by atoms with Gasteiger partial charge in [-0.2, -0.15) is 0 Å². The van der Waals surface area contributed by atoms with Crippen molar-refractivity contribution in [1.29, 1.82) is 0 Å². The average molecular weight is 398 g/mol. The fourth-order valence-corrected chi connectivity index (χ4v) is 3.49. The van der Waals surface area contributed by atoms with E-state index in [0.717, 1.165) is 34.5 Å². The first-order chi connectivity index (χ1) is 13.6. The Kier molecular flexibility index (Phi) is 6.65. The highest BCUT2D eigenvalue weighted by Gasteiger charge is 2.13. The van der Waals surface area contributed by atoms with E-state index in [1.165, 1.54) is 11.8 Å². The van der Waals surface area contributed by atoms with Crippen LogP contribution in [0.15, 0.2) is 47.6 Å². The Morgan fingerprint density at radius 2 is 2.00 bits per heavy atom. The van der Waals surface area contributed by atoms with Gasteiger partial charge in [-0.15, -0.1) is 5.10 Å². The number of nitrogens with one attached hydrogen (secondary N) is 1. The van der Waals surface area contributed by atoms with Crippen LogP contribution in [0.4, 0.5) is 5.69 Å². The third-order valence-corrected chi connectivity index (χ3v) is 5.28. The molecule has 28 heavy (non-hydrogen) atoms. The zero-order chi connectivity index (χ0) is 19.9. The molecule has 1 amide bonds. The lowest BCUT2D eigenvalue weighted by Crippen LogP contribution is -2.17. The van der Waals surface area contributed by atoms with Crippen molar-refractivity contribution in [3.05, 3.63) is 59.2 Å². The molecule has 7 nitrogen and oxygen atoms in total. The monoisotopic (exact) mass is 397 g/mol. The summed E-state index contributed by atoms with van der Waals surface area (Å²) in [4.78, 5) is 12.4. The molecule has 0 aliphatic rings. The van der Waals surface area contributed by atoms with Crippen molar-refractivity contribution in [3.8, 4) is 5.75 Å². The minimum atomic E-state index is -0.0759. The summed E-state index contributed by atoms with van der Waals surface area (Å²) >= 11 is 1.32. The van der Waals surface area contributed by atoms with E-state index in [-0.39, 0.29) is 11.7 Å². The summed E-state index contributed by atoms with van der Waals surface area (Å²) < 4.78 is 6.86. The molecule has 146 valence electrons. The second-order valence-electron chi connectivity index (χ2n) is 6.27. The summed E-state index contributed by atoms with van der Waals surface area (Å²) in [6, 6.07) is 13.8. The van der Waals surface area contributed by atoms with Gasteiger partial charge in [-0.05, 0) is 52.6 Å². The first kappa shape index (κ1) is 19.9. The van der Waals surface area contributed by atoms with Crippen LogP contribution in [0.2, 0.25) is 0 Å². The molecule has 1 aromatic heterocycles.